The molecule has 1 heterocycles. The van der Waals surface area contributed by atoms with Gasteiger partial charge in [-0.25, -0.2) is 4.98 Å². The zero-order valence-corrected chi connectivity index (χ0v) is 14.6. The molecule has 0 atom stereocenters. The Hall–Kier alpha value is -3.47. The van der Waals surface area contributed by atoms with E-state index in [0.29, 0.717) is 11.4 Å². The van der Waals surface area contributed by atoms with E-state index in [2.05, 4.69) is 15.6 Å². The number of nitrogens with zero attached hydrogens (tertiary/aromatic N) is 1. The van der Waals surface area contributed by atoms with Crippen molar-refractivity contribution in [2.75, 3.05) is 10.6 Å². The van der Waals surface area contributed by atoms with Gasteiger partial charge in [-0.1, -0.05) is 42.0 Å². The Labute approximate surface area is 152 Å². The van der Waals surface area contributed by atoms with Crippen molar-refractivity contribution in [1.29, 1.82) is 0 Å². The van der Waals surface area contributed by atoms with E-state index in [1.807, 2.05) is 62.4 Å². The fourth-order valence-electron chi connectivity index (χ4n) is 2.42. The molecule has 2 aromatic carbocycles. The molecule has 0 aliphatic rings. The first-order valence-electron chi connectivity index (χ1n) is 8.25. The normalized spacial score (nSPS) is 10.2. The number of aryl methyl sites for hydroxylation is 2. The molecule has 0 saturated carbocycles. The quantitative estimate of drug-likeness (QED) is 0.744. The number of rotatable bonds is 4. The first-order valence-corrected chi connectivity index (χ1v) is 8.25. The zero-order chi connectivity index (χ0) is 18.5. The van der Waals surface area contributed by atoms with Crippen LogP contribution in [0, 0.1) is 13.8 Å². The van der Waals surface area contributed by atoms with Gasteiger partial charge < -0.3 is 10.6 Å². The first kappa shape index (κ1) is 17.4. The minimum Gasteiger partial charge on any atom is -0.321 e. The average Bonchev–Trinajstić information content (AvgIpc) is 2.65. The van der Waals surface area contributed by atoms with Gasteiger partial charge in [0.05, 0.1) is 0 Å². The molecule has 2 N–H and O–H groups in total. The molecule has 3 aromatic rings. The van der Waals surface area contributed by atoms with E-state index in [0.717, 1.165) is 11.1 Å². The van der Waals surface area contributed by atoms with Crippen LogP contribution >= 0.6 is 0 Å². The second kappa shape index (κ2) is 7.61. The lowest BCUT2D eigenvalue weighted by atomic mass is 10.2. The fraction of sp³-hybridized carbons (Fsp3) is 0.0952. The average molecular weight is 345 g/mol. The highest BCUT2D eigenvalue weighted by Crippen LogP contribution is 2.15. The standard InChI is InChI=1S/C21H19N3O2/c1-14-10-12-16(13-11-14)22-20(25)18-8-5-9-19(23-18)21(26)24-17-7-4-3-6-15(17)2/h3-13H,1-2H3,(H,22,25)(H,24,26). The number of pyridine rings is 1. The summed E-state index contributed by atoms with van der Waals surface area (Å²) in [4.78, 5) is 29.0. The molecule has 0 radical (unpaired) electrons. The lowest BCUT2D eigenvalue weighted by Crippen LogP contribution is -2.18. The highest BCUT2D eigenvalue weighted by molar-refractivity contribution is 6.06. The molecule has 130 valence electrons. The summed E-state index contributed by atoms with van der Waals surface area (Å²) in [6, 6.07) is 19.7. The van der Waals surface area contributed by atoms with Crippen LogP contribution in [-0.2, 0) is 0 Å². The van der Waals surface area contributed by atoms with E-state index >= 15 is 0 Å². The summed E-state index contributed by atoms with van der Waals surface area (Å²) >= 11 is 0. The minimum absolute atomic E-state index is 0.183. The maximum Gasteiger partial charge on any atom is 0.274 e. The molecule has 0 bridgehead atoms. The Morgan fingerprint density at radius 2 is 1.35 bits per heavy atom. The van der Waals surface area contributed by atoms with Gasteiger partial charge in [0.1, 0.15) is 11.4 Å². The van der Waals surface area contributed by atoms with Crippen LogP contribution in [0.5, 0.6) is 0 Å². The second-order valence-corrected chi connectivity index (χ2v) is 6.00. The highest BCUT2D eigenvalue weighted by Gasteiger charge is 2.13. The van der Waals surface area contributed by atoms with Gasteiger partial charge in [0.15, 0.2) is 0 Å². The van der Waals surface area contributed by atoms with E-state index in [1.165, 1.54) is 0 Å². The number of aromatic nitrogens is 1. The van der Waals surface area contributed by atoms with Gasteiger partial charge in [-0.3, -0.25) is 9.59 Å². The number of benzene rings is 2. The molecular formula is C21H19N3O2. The number of hydrogen-bond donors (Lipinski definition) is 2. The lowest BCUT2D eigenvalue weighted by molar-refractivity contribution is 0.101. The van der Waals surface area contributed by atoms with Crippen molar-refractivity contribution in [2.45, 2.75) is 13.8 Å². The van der Waals surface area contributed by atoms with E-state index in [4.69, 9.17) is 0 Å². The van der Waals surface area contributed by atoms with Gasteiger partial charge in [-0.2, -0.15) is 0 Å². The molecule has 5 heteroatoms. The molecule has 0 unspecified atom stereocenters. The van der Waals surface area contributed by atoms with Gasteiger partial charge in [0.25, 0.3) is 11.8 Å². The number of carbonyl (C=O) groups excluding carboxylic acids is 2. The van der Waals surface area contributed by atoms with Crippen LogP contribution in [0.3, 0.4) is 0 Å². The summed E-state index contributed by atoms with van der Waals surface area (Å²) in [5.74, 6) is -0.719. The second-order valence-electron chi connectivity index (χ2n) is 6.00. The lowest BCUT2D eigenvalue weighted by Gasteiger charge is -2.09. The number of carbonyl (C=O) groups is 2. The molecule has 0 aliphatic heterocycles. The monoisotopic (exact) mass is 345 g/mol. The zero-order valence-electron chi connectivity index (χ0n) is 14.6. The molecular weight excluding hydrogens is 326 g/mol. The van der Waals surface area contributed by atoms with Crippen molar-refractivity contribution in [1.82, 2.24) is 4.98 Å². The SMILES string of the molecule is Cc1ccc(NC(=O)c2cccc(C(=O)Nc3ccccc3C)n2)cc1. The Morgan fingerprint density at radius 1 is 0.731 bits per heavy atom. The van der Waals surface area contributed by atoms with E-state index in [9.17, 15) is 9.59 Å². The molecule has 0 aliphatic carbocycles. The van der Waals surface area contributed by atoms with Crippen molar-refractivity contribution in [3.05, 3.63) is 89.2 Å². The molecule has 0 spiro atoms. The Bertz CT molecular complexity index is 949. The third kappa shape index (κ3) is 4.13. The number of nitrogens with one attached hydrogen (secondary N) is 2. The van der Waals surface area contributed by atoms with Crippen LogP contribution in [0.4, 0.5) is 11.4 Å². The predicted molar refractivity (Wildman–Crippen MR) is 103 cm³/mol. The van der Waals surface area contributed by atoms with Crippen LogP contribution in [0.15, 0.2) is 66.7 Å². The number of hydrogen-bond acceptors (Lipinski definition) is 3. The highest BCUT2D eigenvalue weighted by atomic mass is 16.2. The van der Waals surface area contributed by atoms with Gasteiger partial charge in [0, 0.05) is 11.4 Å². The van der Waals surface area contributed by atoms with Crippen molar-refractivity contribution < 1.29 is 9.59 Å². The number of anilines is 2. The topological polar surface area (TPSA) is 71.1 Å². The molecule has 0 fully saturated rings. The smallest absolute Gasteiger partial charge is 0.274 e. The third-order valence-corrected chi connectivity index (χ3v) is 3.92. The van der Waals surface area contributed by atoms with E-state index < -0.39 is 0 Å². The van der Waals surface area contributed by atoms with Gasteiger partial charge in [0.2, 0.25) is 0 Å². The maximum absolute atomic E-state index is 12.4. The number of amides is 2. The van der Waals surface area contributed by atoms with Crippen molar-refractivity contribution in [3.63, 3.8) is 0 Å². The summed E-state index contributed by atoms with van der Waals surface area (Å²) in [5, 5.41) is 5.59. The van der Waals surface area contributed by atoms with E-state index in [1.54, 1.807) is 18.2 Å². The molecule has 26 heavy (non-hydrogen) atoms. The molecule has 1 aromatic heterocycles. The summed E-state index contributed by atoms with van der Waals surface area (Å²) in [5.41, 5.74) is 3.82. The maximum atomic E-state index is 12.4. The first-order chi connectivity index (χ1) is 12.5. The fourth-order valence-corrected chi connectivity index (χ4v) is 2.42. The van der Waals surface area contributed by atoms with Crippen molar-refractivity contribution in [2.24, 2.45) is 0 Å². The van der Waals surface area contributed by atoms with Crippen LogP contribution in [0.2, 0.25) is 0 Å². The summed E-state index contributed by atoms with van der Waals surface area (Å²) in [6.07, 6.45) is 0. The number of para-hydroxylation sites is 1. The Balaban J connectivity index is 1.75. The molecule has 3 rings (SSSR count). The van der Waals surface area contributed by atoms with Gasteiger partial charge in [-0.15, -0.1) is 0 Å². The van der Waals surface area contributed by atoms with Crippen LogP contribution in [0.1, 0.15) is 32.1 Å². The van der Waals surface area contributed by atoms with Crippen LogP contribution in [-0.4, -0.2) is 16.8 Å². The van der Waals surface area contributed by atoms with Gasteiger partial charge in [-0.05, 0) is 49.7 Å². The third-order valence-electron chi connectivity index (χ3n) is 3.92. The summed E-state index contributed by atoms with van der Waals surface area (Å²) in [7, 11) is 0. The molecule has 2 amide bonds. The van der Waals surface area contributed by atoms with E-state index in [-0.39, 0.29) is 23.2 Å². The van der Waals surface area contributed by atoms with Gasteiger partial charge >= 0.3 is 0 Å². The minimum atomic E-state index is -0.362. The predicted octanol–water partition coefficient (Wildman–Crippen LogP) is 4.20. The van der Waals surface area contributed by atoms with Crippen molar-refractivity contribution in [3.8, 4) is 0 Å². The Morgan fingerprint density at radius 3 is 2.00 bits per heavy atom. The molecule has 0 saturated heterocycles. The van der Waals surface area contributed by atoms with Crippen LogP contribution < -0.4 is 10.6 Å². The Kier molecular flexibility index (Phi) is 5.08. The molecule has 5 nitrogen and oxygen atoms in total. The summed E-state index contributed by atoms with van der Waals surface area (Å²) in [6.45, 7) is 3.89. The largest absolute Gasteiger partial charge is 0.321 e. The van der Waals surface area contributed by atoms with Crippen LogP contribution in [0.25, 0.3) is 0 Å². The summed E-state index contributed by atoms with van der Waals surface area (Å²) < 4.78 is 0. The van der Waals surface area contributed by atoms with Crippen molar-refractivity contribution >= 4 is 23.2 Å².